The normalized spacial score (nSPS) is 20.4. The molecule has 0 bridgehead atoms. The Morgan fingerprint density at radius 3 is 2.85 bits per heavy atom. The largest absolute Gasteiger partial charge is 0.493 e. The zero-order valence-electron chi connectivity index (χ0n) is 12.5. The number of benzene rings is 1. The second-order valence-corrected chi connectivity index (χ2v) is 6.15. The minimum absolute atomic E-state index is 0.798. The SMILES string of the molecule is Cc1cc(OCC2CCC2)ccc1N1CCCNCC1. The Labute approximate surface area is 122 Å². The van der Waals surface area contributed by atoms with Gasteiger partial charge in [-0.15, -0.1) is 0 Å². The van der Waals surface area contributed by atoms with Crippen molar-refractivity contribution in [2.45, 2.75) is 32.6 Å². The summed E-state index contributed by atoms with van der Waals surface area (Å²) < 4.78 is 5.93. The van der Waals surface area contributed by atoms with Crippen molar-refractivity contribution >= 4 is 5.69 Å². The molecular weight excluding hydrogens is 248 g/mol. The highest BCUT2D eigenvalue weighted by Crippen LogP contribution is 2.29. The fraction of sp³-hybridized carbons (Fsp3) is 0.647. The number of hydrogen-bond acceptors (Lipinski definition) is 3. The first-order valence-electron chi connectivity index (χ1n) is 8.02. The monoisotopic (exact) mass is 274 g/mol. The molecule has 1 saturated heterocycles. The van der Waals surface area contributed by atoms with Crippen molar-refractivity contribution in [3.05, 3.63) is 23.8 Å². The van der Waals surface area contributed by atoms with E-state index >= 15 is 0 Å². The van der Waals surface area contributed by atoms with Crippen LogP contribution in [0.1, 0.15) is 31.2 Å². The first kappa shape index (κ1) is 13.7. The van der Waals surface area contributed by atoms with Gasteiger partial charge in [-0.05, 0) is 62.4 Å². The molecule has 2 aliphatic rings. The standard InChI is InChI=1S/C17H26N2O/c1-14-12-16(20-13-15-4-2-5-15)6-7-17(14)19-10-3-8-18-9-11-19/h6-7,12,15,18H,2-5,8-11,13H2,1H3. The Morgan fingerprint density at radius 2 is 2.10 bits per heavy atom. The van der Waals surface area contributed by atoms with Crippen LogP contribution in [-0.4, -0.2) is 32.8 Å². The highest BCUT2D eigenvalue weighted by Gasteiger charge is 2.18. The lowest BCUT2D eigenvalue weighted by Crippen LogP contribution is -2.28. The molecule has 1 heterocycles. The van der Waals surface area contributed by atoms with Crippen molar-refractivity contribution < 1.29 is 4.74 Å². The highest BCUT2D eigenvalue weighted by molar-refractivity contribution is 5.56. The molecule has 1 aliphatic heterocycles. The molecule has 20 heavy (non-hydrogen) atoms. The van der Waals surface area contributed by atoms with Crippen molar-refractivity contribution in [3.63, 3.8) is 0 Å². The van der Waals surface area contributed by atoms with Crippen molar-refractivity contribution in [2.24, 2.45) is 5.92 Å². The smallest absolute Gasteiger partial charge is 0.119 e. The third-order valence-electron chi connectivity index (χ3n) is 4.56. The van der Waals surface area contributed by atoms with Gasteiger partial charge in [0.2, 0.25) is 0 Å². The quantitative estimate of drug-likeness (QED) is 0.913. The van der Waals surface area contributed by atoms with Crippen molar-refractivity contribution in [1.29, 1.82) is 0 Å². The number of nitrogens with one attached hydrogen (secondary N) is 1. The van der Waals surface area contributed by atoms with Crippen molar-refractivity contribution in [1.82, 2.24) is 5.32 Å². The lowest BCUT2D eigenvalue weighted by atomic mass is 9.86. The molecule has 1 saturated carbocycles. The van der Waals surface area contributed by atoms with Crippen LogP contribution in [0.2, 0.25) is 0 Å². The molecule has 0 unspecified atom stereocenters. The predicted molar refractivity (Wildman–Crippen MR) is 83.7 cm³/mol. The molecule has 3 heteroatoms. The second kappa shape index (κ2) is 6.49. The molecule has 1 N–H and O–H groups in total. The Morgan fingerprint density at radius 1 is 1.20 bits per heavy atom. The molecule has 0 radical (unpaired) electrons. The summed E-state index contributed by atoms with van der Waals surface area (Å²) in [6.45, 7) is 7.56. The number of anilines is 1. The average molecular weight is 274 g/mol. The zero-order valence-corrected chi connectivity index (χ0v) is 12.5. The number of aryl methyl sites for hydroxylation is 1. The third kappa shape index (κ3) is 3.26. The zero-order chi connectivity index (χ0) is 13.8. The van der Waals surface area contributed by atoms with E-state index in [0.29, 0.717) is 0 Å². The summed E-state index contributed by atoms with van der Waals surface area (Å²) in [7, 11) is 0. The van der Waals surface area contributed by atoms with Gasteiger partial charge in [0, 0.05) is 25.3 Å². The maximum Gasteiger partial charge on any atom is 0.119 e. The van der Waals surface area contributed by atoms with Gasteiger partial charge in [0.1, 0.15) is 5.75 Å². The van der Waals surface area contributed by atoms with Crippen LogP contribution >= 0.6 is 0 Å². The molecule has 3 rings (SSSR count). The summed E-state index contributed by atoms with van der Waals surface area (Å²) in [6.07, 6.45) is 5.30. The van der Waals surface area contributed by atoms with Gasteiger partial charge in [-0.2, -0.15) is 0 Å². The van der Waals surface area contributed by atoms with E-state index in [1.807, 2.05) is 0 Å². The van der Waals surface area contributed by atoms with Gasteiger partial charge in [0.15, 0.2) is 0 Å². The Kier molecular flexibility index (Phi) is 4.46. The summed E-state index contributed by atoms with van der Waals surface area (Å²) in [4.78, 5) is 2.49. The Balaban J connectivity index is 1.63. The van der Waals surface area contributed by atoms with Crippen LogP contribution in [0.15, 0.2) is 18.2 Å². The van der Waals surface area contributed by atoms with Gasteiger partial charge in [-0.1, -0.05) is 6.42 Å². The summed E-state index contributed by atoms with van der Waals surface area (Å²) in [5.41, 5.74) is 2.70. The van der Waals surface area contributed by atoms with Crippen LogP contribution in [0.25, 0.3) is 0 Å². The first-order chi connectivity index (χ1) is 9.83. The van der Waals surface area contributed by atoms with Crippen LogP contribution in [0.5, 0.6) is 5.75 Å². The second-order valence-electron chi connectivity index (χ2n) is 6.15. The molecule has 0 atom stereocenters. The lowest BCUT2D eigenvalue weighted by molar-refractivity contribution is 0.180. The number of ether oxygens (including phenoxy) is 1. The summed E-state index contributed by atoms with van der Waals surface area (Å²) in [5.74, 6) is 1.83. The van der Waals surface area contributed by atoms with Crippen LogP contribution in [0, 0.1) is 12.8 Å². The minimum Gasteiger partial charge on any atom is -0.493 e. The molecule has 1 aliphatic carbocycles. The van der Waals surface area contributed by atoms with E-state index in [-0.39, 0.29) is 0 Å². The first-order valence-corrected chi connectivity index (χ1v) is 8.02. The maximum atomic E-state index is 5.93. The van der Waals surface area contributed by atoms with Crippen molar-refractivity contribution in [2.75, 3.05) is 37.7 Å². The Bertz CT molecular complexity index is 435. The molecule has 0 amide bonds. The number of rotatable bonds is 4. The highest BCUT2D eigenvalue weighted by atomic mass is 16.5. The van der Waals surface area contributed by atoms with E-state index in [0.717, 1.165) is 44.5 Å². The fourth-order valence-corrected chi connectivity index (χ4v) is 3.03. The van der Waals surface area contributed by atoms with E-state index in [1.165, 1.54) is 36.9 Å². The van der Waals surface area contributed by atoms with E-state index in [1.54, 1.807) is 0 Å². The number of nitrogens with zero attached hydrogens (tertiary/aromatic N) is 1. The molecule has 0 aromatic heterocycles. The lowest BCUT2D eigenvalue weighted by Gasteiger charge is -2.26. The van der Waals surface area contributed by atoms with Crippen LogP contribution in [-0.2, 0) is 0 Å². The summed E-state index contributed by atoms with van der Waals surface area (Å²) in [6, 6.07) is 6.57. The molecule has 1 aromatic carbocycles. The fourth-order valence-electron chi connectivity index (χ4n) is 3.03. The molecular formula is C17H26N2O. The summed E-state index contributed by atoms with van der Waals surface area (Å²) >= 11 is 0. The molecule has 2 fully saturated rings. The van der Waals surface area contributed by atoms with Crippen LogP contribution in [0.3, 0.4) is 0 Å². The molecule has 110 valence electrons. The average Bonchev–Trinajstić information content (AvgIpc) is 2.66. The Hall–Kier alpha value is -1.22. The molecule has 3 nitrogen and oxygen atoms in total. The van der Waals surface area contributed by atoms with Gasteiger partial charge in [0.05, 0.1) is 6.61 Å². The van der Waals surface area contributed by atoms with Gasteiger partial charge >= 0.3 is 0 Å². The summed E-state index contributed by atoms with van der Waals surface area (Å²) in [5, 5.41) is 3.46. The van der Waals surface area contributed by atoms with Gasteiger partial charge in [0.25, 0.3) is 0 Å². The molecule has 1 aromatic rings. The van der Waals surface area contributed by atoms with Gasteiger partial charge < -0.3 is 15.0 Å². The minimum atomic E-state index is 0.798. The topological polar surface area (TPSA) is 24.5 Å². The van der Waals surface area contributed by atoms with Crippen LogP contribution < -0.4 is 15.0 Å². The molecule has 0 spiro atoms. The third-order valence-corrected chi connectivity index (χ3v) is 4.56. The van der Waals surface area contributed by atoms with Gasteiger partial charge in [-0.3, -0.25) is 0 Å². The maximum absolute atomic E-state index is 5.93. The number of hydrogen-bond donors (Lipinski definition) is 1. The van der Waals surface area contributed by atoms with E-state index in [2.05, 4.69) is 35.3 Å². The van der Waals surface area contributed by atoms with Gasteiger partial charge in [-0.25, -0.2) is 0 Å². The van der Waals surface area contributed by atoms with E-state index < -0.39 is 0 Å². The van der Waals surface area contributed by atoms with E-state index in [4.69, 9.17) is 4.74 Å². The van der Waals surface area contributed by atoms with Crippen LogP contribution in [0.4, 0.5) is 5.69 Å². The van der Waals surface area contributed by atoms with Crippen molar-refractivity contribution in [3.8, 4) is 5.75 Å². The van der Waals surface area contributed by atoms with E-state index in [9.17, 15) is 0 Å². The predicted octanol–water partition coefficient (Wildman–Crippen LogP) is 2.97.